The fourth-order valence-electron chi connectivity index (χ4n) is 2.29. The van der Waals surface area contributed by atoms with E-state index < -0.39 is 10.0 Å². The van der Waals surface area contributed by atoms with Crippen molar-refractivity contribution in [1.29, 1.82) is 0 Å². The van der Waals surface area contributed by atoms with E-state index in [1.165, 1.54) is 4.31 Å². The molecule has 2 heterocycles. The first kappa shape index (κ1) is 14.4. The summed E-state index contributed by atoms with van der Waals surface area (Å²) >= 11 is 0. The SMILES string of the molecule is Cc1cccc(CN(C)S(=O)(=O)CC2CCCN2)n1. The van der Waals surface area contributed by atoms with Crippen molar-refractivity contribution in [3.05, 3.63) is 29.6 Å². The molecule has 1 aliphatic heterocycles. The maximum absolute atomic E-state index is 12.2. The molecule has 1 saturated heterocycles. The molecule has 0 aromatic carbocycles. The molecule has 1 aromatic rings. The molecule has 0 amide bonds. The third kappa shape index (κ3) is 3.99. The minimum atomic E-state index is -3.22. The van der Waals surface area contributed by atoms with Crippen LogP contribution >= 0.6 is 0 Å². The van der Waals surface area contributed by atoms with Gasteiger partial charge < -0.3 is 5.32 Å². The van der Waals surface area contributed by atoms with Gasteiger partial charge in [0.2, 0.25) is 10.0 Å². The van der Waals surface area contributed by atoms with Gasteiger partial charge >= 0.3 is 0 Å². The smallest absolute Gasteiger partial charge is 0.215 e. The van der Waals surface area contributed by atoms with Crippen molar-refractivity contribution in [1.82, 2.24) is 14.6 Å². The lowest BCUT2D eigenvalue weighted by molar-refractivity contribution is 0.455. The van der Waals surface area contributed by atoms with E-state index in [9.17, 15) is 8.42 Å². The molecule has 1 aliphatic rings. The van der Waals surface area contributed by atoms with Crippen LogP contribution in [-0.4, -0.2) is 43.1 Å². The molecule has 0 spiro atoms. The van der Waals surface area contributed by atoms with Crippen LogP contribution in [0.4, 0.5) is 0 Å². The van der Waals surface area contributed by atoms with Gasteiger partial charge in [0.25, 0.3) is 0 Å². The Morgan fingerprint density at radius 2 is 2.26 bits per heavy atom. The minimum Gasteiger partial charge on any atom is -0.313 e. The van der Waals surface area contributed by atoms with Crippen molar-refractivity contribution in [3.8, 4) is 0 Å². The van der Waals surface area contributed by atoms with E-state index in [1.54, 1.807) is 7.05 Å². The Labute approximate surface area is 115 Å². The number of nitrogens with zero attached hydrogens (tertiary/aromatic N) is 2. The van der Waals surface area contributed by atoms with Gasteiger partial charge in [-0.2, -0.15) is 4.31 Å². The van der Waals surface area contributed by atoms with Gasteiger partial charge in [0.15, 0.2) is 0 Å². The van der Waals surface area contributed by atoms with Crippen LogP contribution in [0.5, 0.6) is 0 Å². The molecule has 5 nitrogen and oxygen atoms in total. The monoisotopic (exact) mass is 283 g/mol. The molecule has 6 heteroatoms. The molecule has 19 heavy (non-hydrogen) atoms. The summed E-state index contributed by atoms with van der Waals surface area (Å²) in [6.07, 6.45) is 2.00. The summed E-state index contributed by atoms with van der Waals surface area (Å²) in [5.41, 5.74) is 1.69. The number of aromatic nitrogens is 1. The predicted octanol–water partition coefficient (Wildman–Crippen LogP) is 0.904. The Morgan fingerprint density at radius 1 is 1.47 bits per heavy atom. The van der Waals surface area contributed by atoms with E-state index >= 15 is 0 Å². The predicted molar refractivity (Wildman–Crippen MR) is 75.3 cm³/mol. The highest BCUT2D eigenvalue weighted by atomic mass is 32.2. The van der Waals surface area contributed by atoms with Gasteiger partial charge in [-0.1, -0.05) is 6.07 Å². The van der Waals surface area contributed by atoms with Gasteiger partial charge in [0.1, 0.15) is 0 Å². The standard InChI is InChI=1S/C13H21N3O2S/c1-11-5-3-6-12(15-11)9-16(2)19(17,18)10-13-7-4-8-14-13/h3,5-6,13-14H,4,7-10H2,1-2H3. The molecule has 0 bridgehead atoms. The molecule has 0 radical (unpaired) electrons. The van der Waals surface area contributed by atoms with Crippen LogP contribution in [0.3, 0.4) is 0 Å². The number of hydrogen-bond donors (Lipinski definition) is 1. The second-order valence-corrected chi connectivity index (χ2v) is 7.22. The van der Waals surface area contributed by atoms with Crippen molar-refractivity contribution >= 4 is 10.0 Å². The Hall–Kier alpha value is -0.980. The lowest BCUT2D eigenvalue weighted by Crippen LogP contribution is -2.37. The van der Waals surface area contributed by atoms with Gasteiger partial charge in [-0.15, -0.1) is 0 Å². The lowest BCUT2D eigenvalue weighted by atomic mass is 10.3. The maximum atomic E-state index is 12.2. The van der Waals surface area contributed by atoms with Crippen molar-refractivity contribution in [3.63, 3.8) is 0 Å². The summed E-state index contributed by atoms with van der Waals surface area (Å²) in [7, 11) is -1.60. The molecule has 1 fully saturated rings. The van der Waals surface area contributed by atoms with Crippen molar-refractivity contribution < 1.29 is 8.42 Å². The van der Waals surface area contributed by atoms with Crippen LogP contribution in [-0.2, 0) is 16.6 Å². The third-order valence-electron chi connectivity index (χ3n) is 3.38. The van der Waals surface area contributed by atoms with Gasteiger partial charge in [-0.05, 0) is 38.4 Å². The van der Waals surface area contributed by atoms with Gasteiger partial charge in [0, 0.05) is 18.8 Å². The molecule has 106 valence electrons. The van der Waals surface area contributed by atoms with E-state index in [0.29, 0.717) is 6.54 Å². The summed E-state index contributed by atoms with van der Waals surface area (Å²) in [6, 6.07) is 5.75. The molecule has 0 aliphatic carbocycles. The van der Waals surface area contributed by atoms with E-state index in [0.717, 1.165) is 30.8 Å². The summed E-state index contributed by atoms with van der Waals surface area (Å²) in [5.74, 6) is 0.176. The van der Waals surface area contributed by atoms with Gasteiger partial charge in [0.05, 0.1) is 18.0 Å². The Balaban J connectivity index is 1.99. The first-order valence-electron chi connectivity index (χ1n) is 6.57. The molecular weight excluding hydrogens is 262 g/mol. The van der Waals surface area contributed by atoms with E-state index in [2.05, 4.69) is 10.3 Å². The second kappa shape index (κ2) is 5.98. The quantitative estimate of drug-likeness (QED) is 0.872. The summed E-state index contributed by atoms with van der Waals surface area (Å²) in [6.45, 7) is 3.15. The second-order valence-electron chi connectivity index (χ2n) is 5.10. The summed E-state index contributed by atoms with van der Waals surface area (Å²) in [5, 5.41) is 3.22. The number of rotatable bonds is 5. The zero-order valence-electron chi connectivity index (χ0n) is 11.5. The van der Waals surface area contributed by atoms with Crippen LogP contribution < -0.4 is 5.32 Å². The molecule has 1 N–H and O–H groups in total. The molecule has 0 saturated carbocycles. The van der Waals surface area contributed by atoms with Crippen molar-refractivity contribution in [2.45, 2.75) is 32.4 Å². The summed E-state index contributed by atoms with van der Waals surface area (Å²) in [4.78, 5) is 4.34. The molecular formula is C13H21N3O2S. The third-order valence-corrected chi connectivity index (χ3v) is 5.28. The van der Waals surface area contributed by atoms with Crippen LogP contribution in [0.1, 0.15) is 24.2 Å². The first-order valence-corrected chi connectivity index (χ1v) is 8.18. The highest BCUT2D eigenvalue weighted by Gasteiger charge is 2.25. The fraction of sp³-hybridized carbons (Fsp3) is 0.615. The Bertz CT molecular complexity index is 524. The molecule has 1 atom stereocenters. The Kier molecular flexibility index (Phi) is 4.54. The zero-order chi connectivity index (χ0) is 13.9. The average molecular weight is 283 g/mol. The maximum Gasteiger partial charge on any atom is 0.215 e. The number of sulfonamides is 1. The lowest BCUT2D eigenvalue weighted by Gasteiger charge is -2.19. The topological polar surface area (TPSA) is 62.3 Å². The largest absolute Gasteiger partial charge is 0.313 e. The summed E-state index contributed by atoms with van der Waals surface area (Å²) < 4.78 is 25.9. The highest BCUT2D eigenvalue weighted by molar-refractivity contribution is 7.89. The Morgan fingerprint density at radius 3 is 2.89 bits per heavy atom. The normalized spacial score (nSPS) is 20.1. The zero-order valence-corrected chi connectivity index (χ0v) is 12.3. The van der Waals surface area contributed by atoms with Crippen LogP contribution in [0.25, 0.3) is 0 Å². The van der Waals surface area contributed by atoms with E-state index in [1.807, 2.05) is 25.1 Å². The van der Waals surface area contributed by atoms with Crippen LogP contribution in [0.2, 0.25) is 0 Å². The minimum absolute atomic E-state index is 0.0953. The number of nitrogens with one attached hydrogen (secondary N) is 1. The van der Waals surface area contributed by atoms with Gasteiger partial charge in [-0.3, -0.25) is 4.98 Å². The number of aryl methyl sites for hydroxylation is 1. The van der Waals surface area contributed by atoms with Crippen LogP contribution in [0.15, 0.2) is 18.2 Å². The van der Waals surface area contributed by atoms with E-state index in [4.69, 9.17) is 0 Å². The number of hydrogen-bond acceptors (Lipinski definition) is 4. The number of pyridine rings is 1. The van der Waals surface area contributed by atoms with Gasteiger partial charge in [-0.25, -0.2) is 8.42 Å². The van der Waals surface area contributed by atoms with Crippen LogP contribution in [0, 0.1) is 6.92 Å². The first-order chi connectivity index (χ1) is 8.97. The fourth-order valence-corrected chi connectivity index (χ4v) is 3.67. The average Bonchev–Trinajstić information content (AvgIpc) is 2.81. The molecule has 1 aromatic heterocycles. The van der Waals surface area contributed by atoms with Crippen molar-refractivity contribution in [2.24, 2.45) is 0 Å². The van der Waals surface area contributed by atoms with E-state index in [-0.39, 0.29) is 11.8 Å². The molecule has 1 unspecified atom stereocenters. The van der Waals surface area contributed by atoms with Crippen molar-refractivity contribution in [2.75, 3.05) is 19.3 Å². The highest BCUT2D eigenvalue weighted by Crippen LogP contribution is 2.12. The molecule has 2 rings (SSSR count).